The highest BCUT2D eigenvalue weighted by atomic mass is 16.1. The molecule has 98 valence electrons. The number of fused-ring (bicyclic) bond motifs is 1. The average molecular weight is 263 g/mol. The van der Waals surface area contributed by atoms with Crippen LogP contribution in [0.3, 0.4) is 0 Å². The number of nitrogens with one attached hydrogen (secondary N) is 1. The fraction of sp³-hybridized carbons (Fsp3) is 0.0588. The van der Waals surface area contributed by atoms with E-state index in [2.05, 4.69) is 4.98 Å². The molecule has 0 atom stereocenters. The molecule has 0 aliphatic heterocycles. The smallest absolute Gasteiger partial charge is 0.194 e. The van der Waals surface area contributed by atoms with Gasteiger partial charge in [0.2, 0.25) is 0 Å². The maximum atomic E-state index is 12.4. The second-order valence-corrected chi connectivity index (χ2v) is 4.75. The van der Waals surface area contributed by atoms with Crippen molar-refractivity contribution in [1.82, 2.24) is 4.98 Å². The number of rotatable bonds is 3. The van der Waals surface area contributed by atoms with Crippen LogP contribution >= 0.6 is 0 Å². The molecular formula is C17H13NO2. The zero-order valence-electron chi connectivity index (χ0n) is 11.0. The third-order valence-corrected chi connectivity index (χ3v) is 3.34. The highest BCUT2D eigenvalue weighted by Crippen LogP contribution is 2.18. The lowest BCUT2D eigenvalue weighted by Crippen LogP contribution is -1.99. The van der Waals surface area contributed by atoms with Crippen LogP contribution in [-0.2, 0) is 0 Å². The Kier molecular flexibility index (Phi) is 2.95. The minimum absolute atomic E-state index is 0.0810. The Bertz CT molecular complexity index is 814. The molecule has 0 aliphatic rings. The van der Waals surface area contributed by atoms with Gasteiger partial charge in [-0.2, -0.15) is 0 Å². The molecular weight excluding hydrogens is 250 g/mol. The van der Waals surface area contributed by atoms with Crippen molar-refractivity contribution in [3.8, 4) is 0 Å². The number of aromatic nitrogens is 1. The topological polar surface area (TPSA) is 49.9 Å². The molecule has 0 unspecified atom stereocenters. The summed E-state index contributed by atoms with van der Waals surface area (Å²) < 4.78 is 0. The van der Waals surface area contributed by atoms with Crippen LogP contribution in [0.2, 0.25) is 0 Å². The average Bonchev–Trinajstić information content (AvgIpc) is 2.96. The van der Waals surface area contributed by atoms with Crippen LogP contribution < -0.4 is 0 Å². The first-order valence-corrected chi connectivity index (χ1v) is 6.38. The van der Waals surface area contributed by atoms with Gasteiger partial charge >= 0.3 is 0 Å². The van der Waals surface area contributed by atoms with Gasteiger partial charge in [0, 0.05) is 24.2 Å². The van der Waals surface area contributed by atoms with Gasteiger partial charge in [0.05, 0.1) is 5.69 Å². The SMILES string of the molecule is CC(=O)c1cc(C(=O)c2ccc3ccccc3c2)c[nH]1. The van der Waals surface area contributed by atoms with E-state index >= 15 is 0 Å². The van der Waals surface area contributed by atoms with Crippen LogP contribution in [0.5, 0.6) is 0 Å². The lowest BCUT2D eigenvalue weighted by atomic mass is 10.0. The summed E-state index contributed by atoms with van der Waals surface area (Å²) in [7, 11) is 0. The molecule has 0 aliphatic carbocycles. The van der Waals surface area contributed by atoms with E-state index in [-0.39, 0.29) is 11.6 Å². The first-order chi connectivity index (χ1) is 9.65. The first-order valence-electron chi connectivity index (χ1n) is 6.38. The van der Waals surface area contributed by atoms with E-state index in [1.807, 2.05) is 42.5 Å². The van der Waals surface area contributed by atoms with Crippen LogP contribution in [0.25, 0.3) is 10.8 Å². The Morgan fingerprint density at radius 1 is 0.900 bits per heavy atom. The summed E-state index contributed by atoms with van der Waals surface area (Å²) >= 11 is 0. The molecule has 0 radical (unpaired) electrons. The fourth-order valence-electron chi connectivity index (χ4n) is 2.23. The van der Waals surface area contributed by atoms with Gasteiger partial charge in [-0.05, 0) is 22.9 Å². The van der Waals surface area contributed by atoms with Crippen molar-refractivity contribution in [2.45, 2.75) is 6.92 Å². The number of carbonyl (C=O) groups excluding carboxylic acids is 2. The van der Waals surface area contributed by atoms with Crippen molar-refractivity contribution in [2.24, 2.45) is 0 Å². The highest BCUT2D eigenvalue weighted by Gasteiger charge is 2.13. The Morgan fingerprint density at radius 3 is 2.35 bits per heavy atom. The molecule has 0 fully saturated rings. The van der Waals surface area contributed by atoms with Crippen molar-refractivity contribution < 1.29 is 9.59 Å². The first kappa shape index (κ1) is 12.4. The van der Waals surface area contributed by atoms with E-state index in [0.29, 0.717) is 16.8 Å². The molecule has 1 aromatic heterocycles. The van der Waals surface area contributed by atoms with Crippen molar-refractivity contribution in [3.05, 3.63) is 71.5 Å². The van der Waals surface area contributed by atoms with E-state index in [9.17, 15) is 9.59 Å². The molecule has 3 aromatic rings. The number of Topliss-reactive ketones (excluding diaryl/α,β-unsaturated/α-hetero) is 1. The number of aromatic amines is 1. The standard InChI is InChI=1S/C17H13NO2/c1-11(19)16-9-15(10-18-16)17(20)14-7-6-12-4-2-3-5-13(12)8-14/h2-10,18H,1H3. The molecule has 0 saturated heterocycles. The molecule has 0 saturated carbocycles. The van der Waals surface area contributed by atoms with Crippen molar-refractivity contribution >= 4 is 22.3 Å². The molecule has 1 heterocycles. The predicted molar refractivity (Wildman–Crippen MR) is 78.2 cm³/mol. The van der Waals surface area contributed by atoms with Crippen LogP contribution in [0.4, 0.5) is 0 Å². The van der Waals surface area contributed by atoms with E-state index in [1.54, 1.807) is 12.3 Å². The van der Waals surface area contributed by atoms with Crippen LogP contribution in [0, 0.1) is 0 Å². The van der Waals surface area contributed by atoms with Crippen LogP contribution in [0.15, 0.2) is 54.7 Å². The van der Waals surface area contributed by atoms with Gasteiger partial charge in [0.25, 0.3) is 0 Å². The van der Waals surface area contributed by atoms with Crippen molar-refractivity contribution in [2.75, 3.05) is 0 Å². The zero-order chi connectivity index (χ0) is 14.1. The molecule has 3 rings (SSSR count). The summed E-state index contributed by atoms with van der Waals surface area (Å²) in [6.45, 7) is 1.47. The normalized spacial score (nSPS) is 10.7. The van der Waals surface area contributed by atoms with Crippen LogP contribution in [0.1, 0.15) is 33.3 Å². The lowest BCUT2D eigenvalue weighted by molar-refractivity contribution is 0.101. The molecule has 0 amide bonds. The van der Waals surface area contributed by atoms with Crippen molar-refractivity contribution in [3.63, 3.8) is 0 Å². The Morgan fingerprint density at radius 2 is 1.65 bits per heavy atom. The van der Waals surface area contributed by atoms with Gasteiger partial charge < -0.3 is 4.98 Å². The molecule has 2 aromatic carbocycles. The van der Waals surface area contributed by atoms with Gasteiger partial charge in [0.1, 0.15) is 0 Å². The molecule has 0 bridgehead atoms. The summed E-state index contributed by atoms with van der Waals surface area (Å²) in [6, 6.07) is 15.1. The maximum absolute atomic E-state index is 12.4. The fourth-order valence-corrected chi connectivity index (χ4v) is 2.23. The van der Waals surface area contributed by atoms with Crippen LogP contribution in [-0.4, -0.2) is 16.6 Å². The second-order valence-electron chi connectivity index (χ2n) is 4.75. The number of benzene rings is 2. The van der Waals surface area contributed by atoms with Gasteiger partial charge in [-0.1, -0.05) is 36.4 Å². The number of hydrogen-bond donors (Lipinski definition) is 1. The second kappa shape index (κ2) is 4.78. The minimum atomic E-state index is -0.0838. The largest absolute Gasteiger partial charge is 0.358 e. The van der Waals surface area contributed by atoms with E-state index < -0.39 is 0 Å². The zero-order valence-corrected chi connectivity index (χ0v) is 11.0. The number of ketones is 2. The predicted octanol–water partition coefficient (Wildman–Crippen LogP) is 3.60. The van der Waals surface area contributed by atoms with Crippen molar-refractivity contribution in [1.29, 1.82) is 0 Å². The van der Waals surface area contributed by atoms with Gasteiger partial charge in [0.15, 0.2) is 11.6 Å². The molecule has 1 N–H and O–H groups in total. The summed E-state index contributed by atoms with van der Waals surface area (Å²) in [4.78, 5) is 26.5. The quantitative estimate of drug-likeness (QED) is 0.734. The van der Waals surface area contributed by atoms with Gasteiger partial charge in [-0.3, -0.25) is 9.59 Å². The monoisotopic (exact) mass is 263 g/mol. The lowest BCUT2D eigenvalue weighted by Gasteiger charge is -2.01. The minimum Gasteiger partial charge on any atom is -0.358 e. The molecule has 3 heteroatoms. The van der Waals surface area contributed by atoms with E-state index in [4.69, 9.17) is 0 Å². The van der Waals surface area contributed by atoms with Gasteiger partial charge in [-0.25, -0.2) is 0 Å². The Balaban J connectivity index is 2.00. The third-order valence-electron chi connectivity index (χ3n) is 3.34. The van der Waals surface area contributed by atoms with Gasteiger partial charge in [-0.15, -0.1) is 0 Å². The summed E-state index contributed by atoms with van der Waals surface area (Å²) in [5, 5.41) is 2.13. The number of carbonyl (C=O) groups is 2. The molecule has 0 spiro atoms. The summed E-state index contributed by atoms with van der Waals surface area (Å²) in [5.74, 6) is -0.165. The molecule has 3 nitrogen and oxygen atoms in total. The summed E-state index contributed by atoms with van der Waals surface area (Å²) in [5.41, 5.74) is 1.58. The van der Waals surface area contributed by atoms with E-state index in [0.717, 1.165) is 10.8 Å². The summed E-state index contributed by atoms with van der Waals surface area (Å²) in [6.07, 6.45) is 1.58. The maximum Gasteiger partial charge on any atom is 0.194 e. The molecule has 20 heavy (non-hydrogen) atoms. The Hall–Kier alpha value is -2.68. The number of H-pyrrole nitrogens is 1. The number of hydrogen-bond acceptors (Lipinski definition) is 2. The highest BCUT2D eigenvalue weighted by molar-refractivity contribution is 6.11. The third kappa shape index (κ3) is 2.14. The Labute approximate surface area is 116 Å². The van der Waals surface area contributed by atoms with E-state index in [1.165, 1.54) is 6.92 Å².